The summed E-state index contributed by atoms with van der Waals surface area (Å²) >= 11 is 0. The molecule has 0 spiro atoms. The van der Waals surface area contributed by atoms with Gasteiger partial charge in [0.05, 0.1) is 18.7 Å². The fourth-order valence-electron chi connectivity index (χ4n) is 3.61. The van der Waals surface area contributed by atoms with Crippen molar-refractivity contribution in [2.24, 2.45) is 0 Å². The van der Waals surface area contributed by atoms with Gasteiger partial charge in [-0.05, 0) is 35.2 Å². The second-order valence-electron chi connectivity index (χ2n) is 7.25. The quantitative estimate of drug-likeness (QED) is 0.598. The van der Waals surface area contributed by atoms with Gasteiger partial charge in [0.1, 0.15) is 0 Å². The second kappa shape index (κ2) is 8.36. The first-order chi connectivity index (χ1) is 14.5. The fourth-order valence-corrected chi connectivity index (χ4v) is 3.61. The number of fused-ring (bicyclic) bond motifs is 1. The zero-order valence-electron chi connectivity index (χ0n) is 16.3. The van der Waals surface area contributed by atoms with E-state index in [1.165, 1.54) is 5.56 Å². The van der Waals surface area contributed by atoms with E-state index in [0.29, 0.717) is 18.7 Å². The van der Waals surface area contributed by atoms with Gasteiger partial charge in [0.2, 0.25) is 5.91 Å². The molecular weight excluding hydrogens is 386 g/mol. The summed E-state index contributed by atoms with van der Waals surface area (Å²) in [6, 6.07) is 14.0. The van der Waals surface area contributed by atoms with Crippen LogP contribution in [0, 0.1) is 0 Å². The van der Waals surface area contributed by atoms with E-state index in [2.05, 4.69) is 11.4 Å². The molecule has 0 aliphatic carbocycles. The van der Waals surface area contributed by atoms with Gasteiger partial charge in [0, 0.05) is 13.1 Å². The number of amides is 4. The number of hydrogen-bond donors (Lipinski definition) is 1. The molecule has 2 aliphatic rings. The number of benzene rings is 2. The molecule has 1 fully saturated rings. The Balaban J connectivity index is 1.33. The summed E-state index contributed by atoms with van der Waals surface area (Å²) in [6.45, 7) is 0.808. The molecule has 8 heteroatoms. The number of nitrogens with one attached hydrogen (secondary N) is 1. The van der Waals surface area contributed by atoms with Crippen LogP contribution < -0.4 is 5.32 Å². The Morgan fingerprint density at radius 3 is 2.60 bits per heavy atom. The Labute approximate surface area is 173 Å². The summed E-state index contributed by atoms with van der Waals surface area (Å²) in [5, 5.41) is 2.45. The average molecular weight is 407 g/mol. The van der Waals surface area contributed by atoms with Crippen LogP contribution in [0.5, 0.6) is 0 Å². The van der Waals surface area contributed by atoms with E-state index >= 15 is 0 Å². The van der Waals surface area contributed by atoms with Crippen molar-refractivity contribution in [1.82, 2.24) is 15.1 Å². The maximum atomic E-state index is 12.5. The molecule has 0 atom stereocenters. The van der Waals surface area contributed by atoms with E-state index in [9.17, 15) is 19.2 Å². The van der Waals surface area contributed by atoms with Gasteiger partial charge in [-0.25, -0.2) is 9.59 Å². The number of rotatable bonds is 5. The third kappa shape index (κ3) is 4.17. The van der Waals surface area contributed by atoms with Gasteiger partial charge in [-0.3, -0.25) is 14.5 Å². The number of esters is 1. The molecule has 0 radical (unpaired) electrons. The largest absolute Gasteiger partial charge is 0.452 e. The number of carbonyl (C=O) groups excluding carboxylic acids is 4. The molecule has 0 unspecified atom stereocenters. The zero-order chi connectivity index (χ0) is 21.1. The van der Waals surface area contributed by atoms with Crippen molar-refractivity contribution >= 4 is 23.8 Å². The van der Waals surface area contributed by atoms with Crippen LogP contribution in [0.25, 0.3) is 0 Å². The first-order valence-electron chi connectivity index (χ1n) is 9.70. The molecule has 2 aliphatic heterocycles. The number of urea groups is 1. The molecule has 0 aromatic heterocycles. The summed E-state index contributed by atoms with van der Waals surface area (Å²) in [7, 11) is 0. The SMILES string of the molecule is O=C(OCC(=O)N1CCc2ccccc2C1)c1cccc(CN2C(=O)CNC2=O)c1. The Kier molecular flexibility index (Phi) is 5.47. The van der Waals surface area contributed by atoms with E-state index in [1.807, 2.05) is 18.2 Å². The predicted octanol–water partition coefficient (Wildman–Crippen LogP) is 1.48. The number of hydrogen-bond acceptors (Lipinski definition) is 5. The van der Waals surface area contributed by atoms with Crippen LogP contribution in [-0.2, 0) is 33.8 Å². The molecular formula is C22H21N3O5. The van der Waals surface area contributed by atoms with Crippen molar-refractivity contribution in [2.45, 2.75) is 19.5 Å². The number of carbonyl (C=O) groups is 4. The highest BCUT2D eigenvalue weighted by Crippen LogP contribution is 2.18. The number of nitrogens with zero attached hydrogens (tertiary/aromatic N) is 2. The van der Waals surface area contributed by atoms with Crippen LogP contribution in [0.2, 0.25) is 0 Å². The van der Waals surface area contributed by atoms with E-state index in [0.717, 1.165) is 16.9 Å². The lowest BCUT2D eigenvalue weighted by molar-refractivity contribution is -0.135. The third-order valence-corrected chi connectivity index (χ3v) is 5.25. The Morgan fingerprint density at radius 1 is 1.03 bits per heavy atom. The smallest absolute Gasteiger partial charge is 0.338 e. The van der Waals surface area contributed by atoms with Gasteiger partial charge < -0.3 is 15.0 Å². The van der Waals surface area contributed by atoms with Crippen LogP contribution in [0.1, 0.15) is 27.0 Å². The van der Waals surface area contributed by atoms with E-state index in [1.54, 1.807) is 29.2 Å². The highest BCUT2D eigenvalue weighted by atomic mass is 16.5. The van der Waals surface area contributed by atoms with E-state index in [-0.39, 0.29) is 37.1 Å². The minimum Gasteiger partial charge on any atom is -0.452 e. The van der Waals surface area contributed by atoms with Crippen molar-refractivity contribution in [3.05, 3.63) is 70.8 Å². The number of imide groups is 1. The highest BCUT2D eigenvalue weighted by Gasteiger charge is 2.28. The summed E-state index contributed by atoms with van der Waals surface area (Å²) in [6.07, 6.45) is 0.778. The molecule has 2 aromatic carbocycles. The lowest BCUT2D eigenvalue weighted by Crippen LogP contribution is -2.38. The third-order valence-electron chi connectivity index (χ3n) is 5.25. The van der Waals surface area contributed by atoms with Crippen LogP contribution in [0.3, 0.4) is 0 Å². The summed E-state index contributed by atoms with van der Waals surface area (Å²) < 4.78 is 5.21. The minimum atomic E-state index is -0.625. The lowest BCUT2D eigenvalue weighted by atomic mass is 10.00. The van der Waals surface area contributed by atoms with Gasteiger partial charge in [-0.15, -0.1) is 0 Å². The highest BCUT2D eigenvalue weighted by molar-refractivity contribution is 6.01. The molecule has 0 bridgehead atoms. The second-order valence-corrected chi connectivity index (χ2v) is 7.25. The van der Waals surface area contributed by atoms with Crippen molar-refractivity contribution in [3.63, 3.8) is 0 Å². The van der Waals surface area contributed by atoms with Crippen LogP contribution in [0.4, 0.5) is 4.79 Å². The fraction of sp³-hybridized carbons (Fsp3) is 0.273. The molecule has 2 aromatic rings. The average Bonchev–Trinajstić information content (AvgIpc) is 3.09. The van der Waals surface area contributed by atoms with Crippen molar-refractivity contribution in [2.75, 3.05) is 19.7 Å². The maximum Gasteiger partial charge on any atom is 0.338 e. The zero-order valence-corrected chi connectivity index (χ0v) is 16.3. The van der Waals surface area contributed by atoms with E-state index in [4.69, 9.17) is 4.74 Å². The van der Waals surface area contributed by atoms with Gasteiger partial charge >= 0.3 is 12.0 Å². The molecule has 8 nitrogen and oxygen atoms in total. The molecule has 4 rings (SSSR count). The van der Waals surface area contributed by atoms with Crippen molar-refractivity contribution in [1.29, 1.82) is 0 Å². The molecule has 30 heavy (non-hydrogen) atoms. The van der Waals surface area contributed by atoms with Crippen molar-refractivity contribution < 1.29 is 23.9 Å². The Bertz CT molecular complexity index is 1000. The van der Waals surface area contributed by atoms with Crippen LogP contribution >= 0.6 is 0 Å². The summed E-state index contributed by atoms with van der Waals surface area (Å²) in [5.74, 6) is -1.19. The molecule has 1 saturated heterocycles. The molecule has 4 amide bonds. The maximum absolute atomic E-state index is 12.5. The Hall–Kier alpha value is -3.68. The standard InChI is InChI=1S/C22H21N3O5/c26-19-11-23-22(29)25(19)12-15-4-3-7-17(10-15)21(28)30-14-20(27)24-9-8-16-5-1-2-6-18(16)13-24/h1-7,10H,8-9,11-14H2,(H,23,29). The topological polar surface area (TPSA) is 96.0 Å². The van der Waals surface area contributed by atoms with Gasteiger partial charge in [-0.2, -0.15) is 0 Å². The first-order valence-corrected chi connectivity index (χ1v) is 9.70. The number of ether oxygens (including phenoxy) is 1. The normalized spacial score (nSPS) is 15.6. The summed E-state index contributed by atoms with van der Waals surface area (Å²) in [5.41, 5.74) is 3.22. The van der Waals surface area contributed by atoms with Crippen LogP contribution in [-0.4, -0.2) is 53.3 Å². The predicted molar refractivity (Wildman–Crippen MR) is 106 cm³/mol. The van der Waals surface area contributed by atoms with Gasteiger partial charge in [-0.1, -0.05) is 36.4 Å². The Morgan fingerprint density at radius 2 is 1.83 bits per heavy atom. The molecule has 154 valence electrons. The molecule has 1 N–H and O–H groups in total. The molecule has 0 saturated carbocycles. The summed E-state index contributed by atoms with van der Waals surface area (Å²) in [4.78, 5) is 51.0. The molecule has 2 heterocycles. The minimum absolute atomic E-state index is 0.0242. The van der Waals surface area contributed by atoms with Crippen LogP contribution in [0.15, 0.2) is 48.5 Å². The van der Waals surface area contributed by atoms with E-state index < -0.39 is 12.0 Å². The van der Waals surface area contributed by atoms with Gasteiger partial charge in [0.25, 0.3) is 5.91 Å². The first kappa shape index (κ1) is 19.6. The van der Waals surface area contributed by atoms with Gasteiger partial charge in [0.15, 0.2) is 6.61 Å². The van der Waals surface area contributed by atoms with Crippen molar-refractivity contribution in [3.8, 4) is 0 Å². The lowest BCUT2D eigenvalue weighted by Gasteiger charge is -2.28. The monoisotopic (exact) mass is 407 g/mol.